The number of rotatable bonds is 2. The van der Waals surface area contributed by atoms with Gasteiger partial charge in [0, 0.05) is 0 Å². The molecule has 0 aliphatic heterocycles. The highest BCUT2D eigenvalue weighted by molar-refractivity contribution is 6.29. The summed E-state index contributed by atoms with van der Waals surface area (Å²) >= 11 is 5.04. The number of carbonyl (C=O) groups is 4. The lowest BCUT2D eigenvalue weighted by molar-refractivity contribution is -0.258. The van der Waals surface area contributed by atoms with Crippen molar-refractivity contribution in [2.45, 2.75) is 0 Å². The molecule has 1 aliphatic carbocycles. The molecule has 0 spiro atoms. The van der Waals surface area contributed by atoms with Crippen LogP contribution in [0.5, 0.6) is 0 Å². The van der Waals surface area contributed by atoms with Crippen LogP contribution in [0.4, 0.5) is 0 Å². The molecular formula is C8H5ClO6. The van der Waals surface area contributed by atoms with Gasteiger partial charge in [0.25, 0.3) is 0 Å². The van der Waals surface area contributed by atoms with Crippen LogP contribution < -0.4 is 0 Å². The molecule has 1 aliphatic rings. The van der Waals surface area contributed by atoms with E-state index in [1.807, 2.05) is 0 Å². The van der Waals surface area contributed by atoms with Crippen LogP contribution >= 0.6 is 11.6 Å². The molecule has 7 heteroatoms. The van der Waals surface area contributed by atoms with Crippen molar-refractivity contribution in [3.63, 3.8) is 0 Å². The highest BCUT2D eigenvalue weighted by atomic mass is 35.5. The van der Waals surface area contributed by atoms with Crippen LogP contribution in [0.25, 0.3) is 0 Å². The van der Waals surface area contributed by atoms with Crippen LogP contribution in [0.3, 0.4) is 0 Å². The van der Waals surface area contributed by atoms with Crippen molar-refractivity contribution in [2.24, 2.45) is 5.92 Å². The van der Waals surface area contributed by atoms with Crippen LogP contribution in [-0.4, -0.2) is 29.4 Å². The topological polar surface area (TPSA) is 86.7 Å². The fourth-order valence-electron chi connectivity index (χ4n) is 0.887. The second-order valence-corrected chi connectivity index (χ2v) is 2.83. The van der Waals surface area contributed by atoms with Gasteiger partial charge in [-0.1, -0.05) is 0 Å². The molecule has 0 atom stereocenters. The fourth-order valence-corrected chi connectivity index (χ4v) is 0.932. The molecule has 0 amide bonds. The van der Waals surface area contributed by atoms with E-state index in [9.17, 15) is 19.2 Å². The van der Waals surface area contributed by atoms with Crippen LogP contribution in [0.1, 0.15) is 0 Å². The Kier molecular flexibility index (Phi) is 3.56. The maximum atomic E-state index is 11.1. The summed E-state index contributed by atoms with van der Waals surface area (Å²) in [6, 6.07) is 0. The summed E-state index contributed by atoms with van der Waals surface area (Å²) in [5.41, 5.74) is 0. The van der Waals surface area contributed by atoms with Gasteiger partial charge in [-0.25, -0.2) is 19.4 Å². The predicted octanol–water partition coefficient (Wildman–Crippen LogP) is -0.449. The van der Waals surface area contributed by atoms with E-state index in [2.05, 4.69) is 9.78 Å². The number of halogens is 1. The van der Waals surface area contributed by atoms with E-state index < -0.39 is 35.3 Å². The number of carbonyl (C=O) groups excluding carboxylic acids is 4. The molecule has 0 heterocycles. The first-order chi connectivity index (χ1) is 7.06. The minimum Gasteiger partial charge on any atom is -0.293 e. The van der Waals surface area contributed by atoms with Gasteiger partial charge in [-0.2, -0.15) is 0 Å². The molecule has 6 nitrogen and oxygen atoms in total. The monoisotopic (exact) mass is 232 g/mol. The molecular weight excluding hydrogens is 228 g/mol. The minimum atomic E-state index is -1.56. The smallest absolute Gasteiger partial charge is 0.293 e. The molecule has 0 N–H and O–H groups in total. The zero-order valence-electron chi connectivity index (χ0n) is 7.27. The van der Waals surface area contributed by atoms with Gasteiger partial charge >= 0.3 is 11.9 Å². The van der Waals surface area contributed by atoms with E-state index in [1.165, 1.54) is 0 Å². The molecule has 0 aromatic rings. The Hall–Kier alpha value is -1.69. The van der Waals surface area contributed by atoms with Gasteiger partial charge in [-0.3, -0.25) is 9.59 Å². The molecule has 0 bridgehead atoms. The van der Waals surface area contributed by atoms with Crippen molar-refractivity contribution in [1.29, 1.82) is 0 Å². The van der Waals surface area contributed by atoms with Gasteiger partial charge in [-0.15, -0.1) is 11.6 Å². The number of hydrogen-bond donors (Lipinski definition) is 0. The van der Waals surface area contributed by atoms with Gasteiger partial charge in [0.15, 0.2) is 17.5 Å². The molecule has 0 fully saturated rings. The second-order valence-electron chi connectivity index (χ2n) is 2.56. The molecule has 0 aromatic carbocycles. The summed E-state index contributed by atoms with van der Waals surface area (Å²) in [5.74, 6) is -5.69. The Morgan fingerprint density at radius 1 is 1.20 bits per heavy atom. The molecule has 0 saturated carbocycles. The SMILES string of the molecule is O=C(CCl)OOC(=O)C1C(=O)C=CC1=O. The second kappa shape index (κ2) is 4.70. The van der Waals surface area contributed by atoms with Crippen LogP contribution in [0.2, 0.25) is 0 Å². The van der Waals surface area contributed by atoms with Crippen molar-refractivity contribution in [1.82, 2.24) is 0 Å². The summed E-state index contributed by atoms with van der Waals surface area (Å²) < 4.78 is 0. The standard InChI is InChI=1S/C8H5ClO6/c9-3-6(12)14-15-8(13)7-4(10)1-2-5(7)11/h1-2,7H,3H2. The Morgan fingerprint density at radius 2 is 1.73 bits per heavy atom. The average Bonchev–Trinajstić information content (AvgIpc) is 2.54. The molecule has 0 unspecified atom stereocenters. The van der Waals surface area contributed by atoms with Crippen molar-refractivity contribution < 1.29 is 29.0 Å². The van der Waals surface area contributed by atoms with Crippen LogP contribution in [0.15, 0.2) is 12.2 Å². The Labute approximate surface area is 88.7 Å². The quantitative estimate of drug-likeness (QED) is 0.277. The summed E-state index contributed by atoms with van der Waals surface area (Å²) in [4.78, 5) is 51.3. The highest BCUT2D eigenvalue weighted by Gasteiger charge is 2.37. The van der Waals surface area contributed by atoms with E-state index in [1.54, 1.807) is 0 Å². The summed E-state index contributed by atoms with van der Waals surface area (Å²) in [6.45, 7) is 0. The number of alkyl halides is 1. The largest absolute Gasteiger partial charge is 0.374 e. The van der Waals surface area contributed by atoms with E-state index >= 15 is 0 Å². The molecule has 0 aromatic heterocycles. The van der Waals surface area contributed by atoms with E-state index in [0.29, 0.717) is 0 Å². The molecule has 0 saturated heterocycles. The Morgan fingerprint density at radius 3 is 2.20 bits per heavy atom. The number of allylic oxidation sites excluding steroid dienone is 2. The van der Waals surface area contributed by atoms with Crippen molar-refractivity contribution in [3.8, 4) is 0 Å². The third kappa shape index (κ3) is 2.63. The number of hydrogen-bond acceptors (Lipinski definition) is 6. The van der Waals surface area contributed by atoms with E-state index in [4.69, 9.17) is 11.6 Å². The molecule has 1 rings (SSSR count). The zero-order chi connectivity index (χ0) is 11.4. The van der Waals surface area contributed by atoms with Crippen LogP contribution in [0, 0.1) is 5.92 Å². The summed E-state index contributed by atoms with van der Waals surface area (Å²) in [6.07, 6.45) is 1.91. The highest BCUT2D eigenvalue weighted by Crippen LogP contribution is 2.12. The summed E-state index contributed by atoms with van der Waals surface area (Å²) in [5, 5.41) is 0. The third-order valence-corrected chi connectivity index (χ3v) is 1.76. The van der Waals surface area contributed by atoms with Gasteiger partial charge in [-0.05, 0) is 12.2 Å². The molecule has 0 radical (unpaired) electrons. The van der Waals surface area contributed by atoms with Crippen molar-refractivity contribution in [3.05, 3.63) is 12.2 Å². The van der Waals surface area contributed by atoms with Gasteiger partial charge in [0.2, 0.25) is 0 Å². The van der Waals surface area contributed by atoms with Gasteiger partial charge in [0.1, 0.15) is 5.88 Å². The first-order valence-electron chi connectivity index (χ1n) is 3.79. The van der Waals surface area contributed by atoms with Crippen LogP contribution in [-0.2, 0) is 29.0 Å². The molecule has 80 valence electrons. The van der Waals surface area contributed by atoms with E-state index in [0.717, 1.165) is 12.2 Å². The number of ketones is 2. The Balaban J connectivity index is 2.51. The lowest BCUT2D eigenvalue weighted by Gasteiger charge is -2.04. The Bertz CT molecular complexity index is 340. The average molecular weight is 233 g/mol. The first-order valence-corrected chi connectivity index (χ1v) is 4.32. The first kappa shape index (κ1) is 11.4. The summed E-state index contributed by atoms with van der Waals surface area (Å²) in [7, 11) is 0. The molecule has 15 heavy (non-hydrogen) atoms. The predicted molar refractivity (Wildman–Crippen MR) is 45.5 cm³/mol. The maximum Gasteiger partial charge on any atom is 0.374 e. The van der Waals surface area contributed by atoms with Crippen molar-refractivity contribution >= 4 is 35.1 Å². The maximum absolute atomic E-state index is 11.1. The third-order valence-electron chi connectivity index (χ3n) is 1.54. The van der Waals surface area contributed by atoms with Crippen molar-refractivity contribution in [2.75, 3.05) is 5.88 Å². The normalized spacial score (nSPS) is 15.5. The lowest BCUT2D eigenvalue weighted by atomic mass is 10.1. The fraction of sp³-hybridized carbons (Fsp3) is 0.250. The van der Waals surface area contributed by atoms with Gasteiger partial charge in [0.05, 0.1) is 0 Å². The zero-order valence-corrected chi connectivity index (χ0v) is 8.02. The minimum absolute atomic E-state index is 0.502. The van der Waals surface area contributed by atoms with E-state index in [-0.39, 0.29) is 0 Å². The lowest BCUT2D eigenvalue weighted by Crippen LogP contribution is -2.28. The van der Waals surface area contributed by atoms with Gasteiger partial charge < -0.3 is 0 Å².